The van der Waals surface area contributed by atoms with Crippen LogP contribution >= 0.6 is 0 Å². The summed E-state index contributed by atoms with van der Waals surface area (Å²) < 4.78 is 5.11. The van der Waals surface area contributed by atoms with Crippen LogP contribution in [0.5, 0.6) is 0 Å². The van der Waals surface area contributed by atoms with Crippen LogP contribution in [-0.2, 0) is 4.74 Å². The highest BCUT2D eigenvalue weighted by Gasteiger charge is 2.05. The van der Waals surface area contributed by atoms with Crippen molar-refractivity contribution in [2.75, 3.05) is 17.2 Å². The molecule has 0 saturated heterocycles. The van der Waals surface area contributed by atoms with Crippen LogP contribution in [0.3, 0.4) is 0 Å². The van der Waals surface area contributed by atoms with Gasteiger partial charge in [0.2, 0.25) is 0 Å². The molecule has 0 saturated carbocycles. The van der Waals surface area contributed by atoms with Crippen molar-refractivity contribution in [2.45, 2.75) is 13.8 Å². The second-order valence-electron chi connectivity index (χ2n) is 6.47. The normalized spacial score (nSPS) is 10.5. The Morgan fingerprint density at radius 1 is 1.00 bits per heavy atom. The highest BCUT2D eigenvalue weighted by Crippen LogP contribution is 2.21. The third kappa shape index (κ3) is 5.54. The average Bonchev–Trinajstić information content (AvgIpc) is 2.69. The first kappa shape index (κ1) is 18.4. The van der Waals surface area contributed by atoms with Crippen molar-refractivity contribution < 1.29 is 9.53 Å². The van der Waals surface area contributed by atoms with Gasteiger partial charge >= 0.3 is 6.09 Å². The van der Waals surface area contributed by atoms with Crippen molar-refractivity contribution in [1.82, 2.24) is 9.97 Å². The molecule has 0 unspecified atom stereocenters. The number of benzene rings is 2. The molecule has 1 heterocycles. The molecule has 1 aromatic heterocycles. The van der Waals surface area contributed by atoms with Crippen LogP contribution in [0.4, 0.5) is 22.0 Å². The van der Waals surface area contributed by atoms with Gasteiger partial charge in [-0.05, 0) is 30.2 Å². The van der Waals surface area contributed by atoms with Crippen LogP contribution in [0, 0.1) is 5.92 Å². The van der Waals surface area contributed by atoms with Gasteiger partial charge in [-0.1, -0.05) is 44.2 Å². The molecule has 0 fully saturated rings. The standard InChI is InChI=1S/C21H22N4O2/c1-15(2)13-27-21(26)25-18-10-8-17(9-11-18)24-20-12-19(22-14-23-20)16-6-4-3-5-7-16/h3-12,14-15H,13H2,1-2H3,(H,25,26)(H,22,23,24). The maximum Gasteiger partial charge on any atom is 0.411 e. The zero-order valence-electron chi connectivity index (χ0n) is 15.3. The monoisotopic (exact) mass is 362 g/mol. The van der Waals surface area contributed by atoms with Crippen LogP contribution < -0.4 is 10.6 Å². The molecule has 6 heteroatoms. The number of anilines is 3. The zero-order chi connectivity index (χ0) is 19.1. The van der Waals surface area contributed by atoms with E-state index in [-0.39, 0.29) is 0 Å². The molecule has 1 amide bonds. The van der Waals surface area contributed by atoms with Crippen molar-refractivity contribution in [3.8, 4) is 11.3 Å². The van der Waals surface area contributed by atoms with Gasteiger partial charge in [0.15, 0.2) is 0 Å². The van der Waals surface area contributed by atoms with Crippen LogP contribution in [-0.4, -0.2) is 22.7 Å². The lowest BCUT2D eigenvalue weighted by molar-refractivity contribution is 0.147. The molecule has 0 aliphatic heterocycles. The van der Waals surface area contributed by atoms with E-state index in [2.05, 4.69) is 20.6 Å². The summed E-state index contributed by atoms with van der Waals surface area (Å²) in [7, 11) is 0. The molecule has 27 heavy (non-hydrogen) atoms. The van der Waals surface area contributed by atoms with Crippen LogP contribution in [0.2, 0.25) is 0 Å². The largest absolute Gasteiger partial charge is 0.449 e. The Bertz CT molecular complexity index is 880. The summed E-state index contributed by atoms with van der Waals surface area (Å²) >= 11 is 0. The summed E-state index contributed by atoms with van der Waals surface area (Å²) in [5.41, 5.74) is 3.40. The molecule has 3 aromatic rings. The minimum atomic E-state index is -0.451. The summed E-state index contributed by atoms with van der Waals surface area (Å²) in [5.74, 6) is 0.997. The first-order chi connectivity index (χ1) is 13.1. The van der Waals surface area contributed by atoms with E-state index in [1.54, 1.807) is 12.1 Å². The Hall–Kier alpha value is -3.41. The molecular weight excluding hydrogens is 340 g/mol. The number of nitrogens with zero attached hydrogens (tertiary/aromatic N) is 2. The molecule has 0 spiro atoms. The molecule has 0 aliphatic carbocycles. The molecule has 0 radical (unpaired) electrons. The van der Waals surface area contributed by atoms with Gasteiger partial charge in [-0.2, -0.15) is 0 Å². The predicted molar refractivity (Wildman–Crippen MR) is 107 cm³/mol. The summed E-state index contributed by atoms with van der Waals surface area (Å²) in [6.45, 7) is 4.37. The van der Waals surface area contributed by atoms with Crippen LogP contribution in [0.15, 0.2) is 67.0 Å². The Balaban J connectivity index is 1.62. The van der Waals surface area contributed by atoms with Gasteiger partial charge < -0.3 is 10.1 Å². The van der Waals surface area contributed by atoms with Crippen molar-refractivity contribution >= 4 is 23.3 Å². The van der Waals surface area contributed by atoms with E-state index < -0.39 is 6.09 Å². The number of ether oxygens (including phenoxy) is 1. The first-order valence-electron chi connectivity index (χ1n) is 8.78. The maximum absolute atomic E-state index is 11.7. The number of nitrogens with one attached hydrogen (secondary N) is 2. The number of aromatic nitrogens is 2. The van der Waals surface area contributed by atoms with Gasteiger partial charge in [-0.25, -0.2) is 14.8 Å². The number of hydrogen-bond donors (Lipinski definition) is 2. The van der Waals surface area contributed by atoms with Gasteiger partial charge in [-0.15, -0.1) is 0 Å². The summed E-state index contributed by atoms with van der Waals surface area (Å²) in [6.07, 6.45) is 1.08. The van der Waals surface area contributed by atoms with E-state index >= 15 is 0 Å². The fourth-order valence-corrected chi connectivity index (χ4v) is 2.37. The Labute approximate surface area is 158 Å². The Morgan fingerprint density at radius 2 is 1.70 bits per heavy atom. The summed E-state index contributed by atoms with van der Waals surface area (Å²) in [4.78, 5) is 20.3. The van der Waals surface area contributed by atoms with E-state index in [0.29, 0.717) is 24.0 Å². The second-order valence-corrected chi connectivity index (χ2v) is 6.47. The lowest BCUT2D eigenvalue weighted by atomic mass is 10.1. The summed E-state index contributed by atoms with van der Waals surface area (Å²) in [6, 6.07) is 19.2. The number of hydrogen-bond acceptors (Lipinski definition) is 5. The Kier molecular flexibility index (Phi) is 5.99. The maximum atomic E-state index is 11.7. The van der Waals surface area contributed by atoms with Crippen LogP contribution in [0.1, 0.15) is 13.8 Å². The average molecular weight is 362 g/mol. The third-order valence-corrected chi connectivity index (χ3v) is 3.69. The van der Waals surface area contributed by atoms with E-state index in [9.17, 15) is 4.79 Å². The van der Waals surface area contributed by atoms with Gasteiger partial charge in [0.25, 0.3) is 0 Å². The second kappa shape index (κ2) is 8.80. The lowest BCUT2D eigenvalue weighted by Crippen LogP contribution is -2.16. The van der Waals surface area contributed by atoms with Crippen molar-refractivity contribution in [2.24, 2.45) is 5.92 Å². The van der Waals surface area contributed by atoms with Crippen molar-refractivity contribution in [1.29, 1.82) is 0 Å². The van der Waals surface area contributed by atoms with Gasteiger partial charge in [0.1, 0.15) is 12.1 Å². The smallest absolute Gasteiger partial charge is 0.411 e. The molecule has 0 bridgehead atoms. The van der Waals surface area contributed by atoms with E-state index in [0.717, 1.165) is 16.9 Å². The van der Waals surface area contributed by atoms with Gasteiger partial charge in [0, 0.05) is 23.0 Å². The third-order valence-electron chi connectivity index (χ3n) is 3.69. The number of rotatable bonds is 6. The van der Waals surface area contributed by atoms with E-state index in [1.165, 1.54) is 6.33 Å². The predicted octanol–water partition coefficient (Wildman–Crippen LogP) is 5.09. The highest BCUT2D eigenvalue weighted by atomic mass is 16.5. The molecule has 0 atom stereocenters. The quantitative estimate of drug-likeness (QED) is 0.638. The number of carbonyl (C=O) groups excluding carboxylic acids is 1. The topological polar surface area (TPSA) is 76.1 Å². The van der Waals surface area contributed by atoms with Crippen LogP contribution in [0.25, 0.3) is 11.3 Å². The van der Waals surface area contributed by atoms with Gasteiger partial charge in [0.05, 0.1) is 12.3 Å². The number of carbonyl (C=O) groups is 1. The molecule has 6 nitrogen and oxygen atoms in total. The first-order valence-corrected chi connectivity index (χ1v) is 8.78. The number of amides is 1. The minimum Gasteiger partial charge on any atom is -0.449 e. The molecule has 3 rings (SSSR count). The van der Waals surface area contributed by atoms with E-state index in [1.807, 2.05) is 62.4 Å². The minimum absolute atomic E-state index is 0.302. The molecular formula is C21H22N4O2. The van der Waals surface area contributed by atoms with E-state index in [4.69, 9.17) is 4.74 Å². The highest BCUT2D eigenvalue weighted by molar-refractivity contribution is 5.85. The zero-order valence-corrected chi connectivity index (χ0v) is 15.3. The molecule has 2 aromatic carbocycles. The van der Waals surface area contributed by atoms with Crippen molar-refractivity contribution in [3.63, 3.8) is 0 Å². The molecule has 2 N–H and O–H groups in total. The fraction of sp³-hybridized carbons (Fsp3) is 0.190. The lowest BCUT2D eigenvalue weighted by Gasteiger charge is -2.10. The summed E-state index contributed by atoms with van der Waals surface area (Å²) in [5, 5.41) is 5.94. The SMILES string of the molecule is CC(C)COC(=O)Nc1ccc(Nc2cc(-c3ccccc3)ncn2)cc1. The fourth-order valence-electron chi connectivity index (χ4n) is 2.37. The van der Waals surface area contributed by atoms with Crippen molar-refractivity contribution in [3.05, 3.63) is 67.0 Å². The molecule has 138 valence electrons. The van der Waals surface area contributed by atoms with Gasteiger partial charge in [-0.3, -0.25) is 5.32 Å². The molecule has 0 aliphatic rings. The Morgan fingerprint density at radius 3 is 2.41 bits per heavy atom.